The molecule has 0 bridgehead atoms. The topological polar surface area (TPSA) is 124 Å². The average molecular weight is 324 g/mol. The van der Waals surface area contributed by atoms with Crippen LogP contribution in [0.5, 0.6) is 0 Å². The third-order valence-electron chi connectivity index (χ3n) is 4.29. The van der Waals surface area contributed by atoms with Crippen molar-refractivity contribution in [1.29, 1.82) is 0 Å². The molecule has 0 aliphatic rings. The molecule has 1 aromatic heterocycles. The van der Waals surface area contributed by atoms with Gasteiger partial charge >= 0.3 is 6.09 Å². The van der Waals surface area contributed by atoms with E-state index in [4.69, 9.17) is 5.11 Å². The van der Waals surface area contributed by atoms with Crippen molar-refractivity contribution in [3.05, 3.63) is 12.3 Å². The highest BCUT2D eigenvalue weighted by Crippen LogP contribution is 2.35. The van der Waals surface area contributed by atoms with Crippen molar-refractivity contribution in [1.82, 2.24) is 15.5 Å². The highest BCUT2D eigenvalue weighted by molar-refractivity contribution is 6.42. The summed E-state index contributed by atoms with van der Waals surface area (Å²) < 4.78 is 0. The summed E-state index contributed by atoms with van der Waals surface area (Å²) in [7, 11) is 0. The normalized spacial score (nSPS) is 13.9. The average Bonchev–Trinajstić information content (AvgIpc) is 2.98. The van der Waals surface area contributed by atoms with Gasteiger partial charge in [0.05, 0.1) is 6.20 Å². The van der Waals surface area contributed by atoms with Crippen molar-refractivity contribution in [3.8, 4) is 0 Å². The molecule has 0 radical (unpaired) electrons. The van der Waals surface area contributed by atoms with Gasteiger partial charge in [-0.2, -0.15) is 5.10 Å². The summed E-state index contributed by atoms with van der Waals surface area (Å²) in [6.07, 6.45) is 1.42. The zero-order chi connectivity index (χ0) is 17.6. The molecular formula is C15H24N4O4. The largest absolute Gasteiger partial charge is 0.465 e. The second kappa shape index (κ2) is 7.75. The quantitative estimate of drug-likeness (QED) is 0.545. The van der Waals surface area contributed by atoms with Crippen LogP contribution >= 0.6 is 0 Å². The first-order valence-corrected chi connectivity index (χ1v) is 7.57. The number of ketones is 1. The molecule has 23 heavy (non-hydrogen) atoms. The maximum atomic E-state index is 12.5. The van der Waals surface area contributed by atoms with Crippen LogP contribution in [0, 0.1) is 11.3 Å². The number of Topliss-reactive ketones (excluding diaryl/α,β-unsaturated/α-hetero) is 1. The van der Waals surface area contributed by atoms with Gasteiger partial charge in [-0.15, -0.1) is 0 Å². The van der Waals surface area contributed by atoms with E-state index < -0.39 is 23.8 Å². The molecule has 1 rings (SSSR count). The minimum absolute atomic E-state index is 0.278. The Labute approximate surface area is 135 Å². The SMILES string of the molecule is CCC([C@H](NC(=O)O)C(=O)C(=O)Nc1ccn[nH]1)C(C)(C)CC. The Morgan fingerprint density at radius 3 is 2.43 bits per heavy atom. The maximum Gasteiger partial charge on any atom is 0.405 e. The predicted octanol–water partition coefficient (Wildman–Crippen LogP) is 2.02. The number of nitrogens with zero attached hydrogens (tertiary/aromatic N) is 1. The molecule has 1 aromatic rings. The van der Waals surface area contributed by atoms with E-state index in [2.05, 4.69) is 20.8 Å². The number of H-pyrrole nitrogens is 1. The summed E-state index contributed by atoms with van der Waals surface area (Å²) in [5.41, 5.74) is -0.300. The molecule has 1 unspecified atom stereocenters. The molecule has 0 saturated carbocycles. The second-order valence-electron chi connectivity index (χ2n) is 6.07. The van der Waals surface area contributed by atoms with E-state index >= 15 is 0 Å². The van der Waals surface area contributed by atoms with Crippen LogP contribution in [0.25, 0.3) is 0 Å². The number of anilines is 1. The molecule has 8 heteroatoms. The molecule has 0 aliphatic heterocycles. The Balaban J connectivity index is 3.01. The number of carbonyl (C=O) groups is 3. The molecule has 2 atom stereocenters. The van der Waals surface area contributed by atoms with E-state index in [0.717, 1.165) is 6.42 Å². The van der Waals surface area contributed by atoms with Crippen molar-refractivity contribution in [2.45, 2.75) is 46.6 Å². The van der Waals surface area contributed by atoms with Crippen molar-refractivity contribution in [3.63, 3.8) is 0 Å². The maximum absolute atomic E-state index is 12.5. The fraction of sp³-hybridized carbons (Fsp3) is 0.600. The smallest absolute Gasteiger partial charge is 0.405 e. The lowest BCUT2D eigenvalue weighted by Gasteiger charge is -2.37. The van der Waals surface area contributed by atoms with E-state index in [1.165, 1.54) is 12.3 Å². The number of hydrogen-bond acceptors (Lipinski definition) is 4. The summed E-state index contributed by atoms with van der Waals surface area (Å²) in [6.45, 7) is 7.75. The van der Waals surface area contributed by atoms with Gasteiger partial charge < -0.3 is 15.7 Å². The number of rotatable bonds is 8. The van der Waals surface area contributed by atoms with Crippen LogP contribution in [0.15, 0.2) is 12.3 Å². The summed E-state index contributed by atoms with van der Waals surface area (Å²) in [5, 5.41) is 19.8. The molecule has 0 aliphatic carbocycles. The zero-order valence-corrected chi connectivity index (χ0v) is 13.8. The Morgan fingerprint density at radius 2 is 2.00 bits per heavy atom. The van der Waals surface area contributed by atoms with Crippen molar-refractivity contribution in [2.24, 2.45) is 11.3 Å². The first-order valence-electron chi connectivity index (χ1n) is 7.57. The van der Waals surface area contributed by atoms with Gasteiger partial charge in [-0.25, -0.2) is 4.79 Å². The van der Waals surface area contributed by atoms with Gasteiger partial charge in [-0.1, -0.05) is 40.5 Å². The molecule has 128 valence electrons. The number of hydrogen-bond donors (Lipinski definition) is 4. The lowest BCUT2D eigenvalue weighted by Crippen LogP contribution is -2.53. The number of aromatic nitrogens is 2. The molecule has 0 fully saturated rings. The number of amides is 2. The molecule has 0 spiro atoms. The fourth-order valence-corrected chi connectivity index (χ4v) is 2.63. The standard InChI is InChI=1S/C15H24N4O4/c1-5-9(15(3,4)6-2)11(18-14(22)23)12(20)13(21)17-10-7-8-16-19-10/h7-9,11,18H,5-6H2,1-4H3,(H,22,23)(H2,16,17,19,21)/t9?,11-/m0/s1. The van der Waals surface area contributed by atoms with E-state index in [-0.39, 0.29) is 17.2 Å². The number of carbonyl (C=O) groups excluding carboxylic acids is 2. The van der Waals surface area contributed by atoms with Crippen molar-refractivity contribution in [2.75, 3.05) is 5.32 Å². The highest BCUT2D eigenvalue weighted by atomic mass is 16.4. The van der Waals surface area contributed by atoms with Gasteiger partial charge in [0.15, 0.2) is 0 Å². The lowest BCUT2D eigenvalue weighted by atomic mass is 9.70. The van der Waals surface area contributed by atoms with E-state index in [1.807, 2.05) is 27.7 Å². The van der Waals surface area contributed by atoms with Gasteiger partial charge in [-0.3, -0.25) is 14.7 Å². The third-order valence-corrected chi connectivity index (χ3v) is 4.29. The van der Waals surface area contributed by atoms with Crippen LogP contribution < -0.4 is 10.6 Å². The molecule has 2 amide bonds. The van der Waals surface area contributed by atoms with Crippen LogP contribution in [0.3, 0.4) is 0 Å². The van der Waals surface area contributed by atoms with Crippen LogP contribution in [0.4, 0.5) is 10.6 Å². The molecular weight excluding hydrogens is 300 g/mol. The zero-order valence-electron chi connectivity index (χ0n) is 13.8. The summed E-state index contributed by atoms with van der Waals surface area (Å²) in [5.74, 6) is -1.71. The number of nitrogens with one attached hydrogen (secondary N) is 3. The minimum Gasteiger partial charge on any atom is -0.465 e. The predicted molar refractivity (Wildman–Crippen MR) is 85.0 cm³/mol. The lowest BCUT2D eigenvalue weighted by molar-refractivity contribution is -0.137. The first kappa shape index (κ1) is 18.7. The summed E-state index contributed by atoms with van der Waals surface area (Å²) in [4.78, 5) is 35.7. The highest BCUT2D eigenvalue weighted by Gasteiger charge is 2.40. The molecule has 0 aromatic carbocycles. The Morgan fingerprint density at radius 1 is 1.35 bits per heavy atom. The van der Waals surface area contributed by atoms with Gasteiger partial charge in [0, 0.05) is 6.07 Å². The van der Waals surface area contributed by atoms with Gasteiger partial charge in [0.1, 0.15) is 11.9 Å². The number of aromatic amines is 1. The second-order valence-corrected chi connectivity index (χ2v) is 6.07. The van der Waals surface area contributed by atoms with Gasteiger partial charge in [-0.05, 0) is 11.3 Å². The Bertz CT molecular complexity index is 554. The Kier molecular flexibility index (Phi) is 6.29. The van der Waals surface area contributed by atoms with Crippen LogP contribution in [0.2, 0.25) is 0 Å². The van der Waals surface area contributed by atoms with E-state index in [0.29, 0.717) is 6.42 Å². The van der Waals surface area contributed by atoms with Gasteiger partial charge in [0.2, 0.25) is 5.78 Å². The van der Waals surface area contributed by atoms with Crippen molar-refractivity contribution < 1.29 is 19.5 Å². The third kappa shape index (κ3) is 4.80. The monoisotopic (exact) mass is 324 g/mol. The van der Waals surface area contributed by atoms with E-state index in [1.54, 1.807) is 0 Å². The van der Waals surface area contributed by atoms with E-state index in [9.17, 15) is 14.4 Å². The van der Waals surface area contributed by atoms with Crippen LogP contribution in [-0.4, -0.2) is 39.1 Å². The summed E-state index contributed by atoms with van der Waals surface area (Å²) in [6, 6.07) is 0.397. The molecule has 0 saturated heterocycles. The minimum atomic E-state index is -1.33. The number of carboxylic acid groups (broad SMARTS) is 1. The van der Waals surface area contributed by atoms with Crippen molar-refractivity contribution >= 4 is 23.6 Å². The van der Waals surface area contributed by atoms with Crippen LogP contribution in [-0.2, 0) is 9.59 Å². The molecule has 8 nitrogen and oxygen atoms in total. The molecule has 1 heterocycles. The Hall–Kier alpha value is -2.38. The molecule has 4 N–H and O–H groups in total. The van der Waals surface area contributed by atoms with Crippen LogP contribution in [0.1, 0.15) is 40.5 Å². The first-order chi connectivity index (χ1) is 10.7. The fourth-order valence-electron chi connectivity index (χ4n) is 2.63. The van der Waals surface area contributed by atoms with Gasteiger partial charge in [0.25, 0.3) is 5.91 Å². The summed E-state index contributed by atoms with van der Waals surface area (Å²) >= 11 is 0.